The van der Waals surface area contributed by atoms with Crippen molar-refractivity contribution in [3.05, 3.63) is 40.7 Å². The Bertz CT molecular complexity index is 570. The highest BCUT2D eigenvalue weighted by Gasteiger charge is 2.10. The number of aryl methyl sites for hydroxylation is 1. The standard InChI is InChI=1S/C14H16ClN3S/c1-4-12-17-13(16-3)9(2)14(18-12)19-11-7-5-10(15)6-8-11/h5-8H,4H2,1-3H3,(H,16,17,18). The third-order valence-corrected chi connectivity index (χ3v) is 4.08. The number of anilines is 1. The van der Waals surface area contributed by atoms with E-state index in [9.17, 15) is 0 Å². The number of nitrogens with zero attached hydrogens (tertiary/aromatic N) is 2. The first-order chi connectivity index (χ1) is 9.13. The van der Waals surface area contributed by atoms with E-state index in [1.54, 1.807) is 11.8 Å². The van der Waals surface area contributed by atoms with Crippen molar-refractivity contribution >= 4 is 29.2 Å². The Morgan fingerprint density at radius 1 is 1.21 bits per heavy atom. The summed E-state index contributed by atoms with van der Waals surface area (Å²) in [6.45, 7) is 4.09. The summed E-state index contributed by atoms with van der Waals surface area (Å²) < 4.78 is 0. The lowest BCUT2D eigenvalue weighted by Gasteiger charge is -2.11. The topological polar surface area (TPSA) is 37.8 Å². The third kappa shape index (κ3) is 3.39. The predicted molar refractivity (Wildman–Crippen MR) is 81.3 cm³/mol. The van der Waals surface area contributed by atoms with Crippen molar-refractivity contribution < 1.29 is 0 Å². The maximum Gasteiger partial charge on any atom is 0.133 e. The van der Waals surface area contributed by atoms with Crippen LogP contribution in [-0.2, 0) is 6.42 Å². The van der Waals surface area contributed by atoms with E-state index in [4.69, 9.17) is 11.6 Å². The Labute approximate surface area is 122 Å². The van der Waals surface area contributed by atoms with Crippen LogP contribution < -0.4 is 5.32 Å². The summed E-state index contributed by atoms with van der Waals surface area (Å²) in [4.78, 5) is 10.2. The van der Waals surface area contributed by atoms with Gasteiger partial charge in [-0.2, -0.15) is 0 Å². The molecule has 0 saturated heterocycles. The van der Waals surface area contributed by atoms with Crippen LogP contribution in [-0.4, -0.2) is 17.0 Å². The van der Waals surface area contributed by atoms with Gasteiger partial charge in [-0.3, -0.25) is 0 Å². The van der Waals surface area contributed by atoms with Gasteiger partial charge in [-0.25, -0.2) is 9.97 Å². The molecule has 0 fully saturated rings. The molecule has 0 radical (unpaired) electrons. The second-order valence-electron chi connectivity index (χ2n) is 4.08. The summed E-state index contributed by atoms with van der Waals surface area (Å²) in [5.74, 6) is 1.75. The summed E-state index contributed by atoms with van der Waals surface area (Å²) in [7, 11) is 1.88. The molecular formula is C14H16ClN3S. The number of hydrogen-bond acceptors (Lipinski definition) is 4. The number of aromatic nitrogens is 2. The normalized spacial score (nSPS) is 10.5. The molecule has 0 unspecified atom stereocenters. The van der Waals surface area contributed by atoms with Gasteiger partial charge in [0.15, 0.2) is 0 Å². The van der Waals surface area contributed by atoms with Crippen molar-refractivity contribution in [2.45, 2.75) is 30.2 Å². The molecule has 2 rings (SSSR count). The molecule has 0 saturated carbocycles. The highest BCUT2D eigenvalue weighted by atomic mass is 35.5. The van der Waals surface area contributed by atoms with Gasteiger partial charge in [-0.15, -0.1) is 0 Å². The summed E-state index contributed by atoms with van der Waals surface area (Å²) in [6, 6.07) is 7.78. The van der Waals surface area contributed by atoms with Crippen LogP contribution in [0.25, 0.3) is 0 Å². The minimum atomic E-state index is 0.744. The quantitative estimate of drug-likeness (QED) is 0.858. The molecule has 0 atom stereocenters. The first-order valence-corrected chi connectivity index (χ1v) is 7.32. The molecule has 2 aromatic rings. The average Bonchev–Trinajstić information content (AvgIpc) is 2.43. The lowest BCUT2D eigenvalue weighted by atomic mass is 10.3. The molecule has 1 aromatic heterocycles. The molecule has 0 amide bonds. The van der Waals surface area contributed by atoms with Gasteiger partial charge >= 0.3 is 0 Å². The molecule has 0 bridgehead atoms. The SMILES string of the molecule is CCc1nc(NC)c(C)c(Sc2ccc(Cl)cc2)n1. The number of hydrogen-bond donors (Lipinski definition) is 1. The number of rotatable bonds is 4. The zero-order chi connectivity index (χ0) is 13.8. The summed E-state index contributed by atoms with van der Waals surface area (Å²) in [5, 5.41) is 4.85. The zero-order valence-corrected chi connectivity index (χ0v) is 12.8. The van der Waals surface area contributed by atoms with E-state index in [0.29, 0.717) is 0 Å². The van der Waals surface area contributed by atoms with Crippen LogP contribution in [0.1, 0.15) is 18.3 Å². The molecule has 0 spiro atoms. The Hall–Kier alpha value is -1.26. The minimum absolute atomic E-state index is 0.744. The predicted octanol–water partition coefficient (Wildman–Crippen LogP) is 4.19. The van der Waals surface area contributed by atoms with Crippen LogP contribution in [0.3, 0.4) is 0 Å². The van der Waals surface area contributed by atoms with Crippen molar-refractivity contribution in [1.82, 2.24) is 9.97 Å². The smallest absolute Gasteiger partial charge is 0.133 e. The fourth-order valence-corrected chi connectivity index (χ4v) is 2.68. The van der Waals surface area contributed by atoms with E-state index >= 15 is 0 Å². The molecular weight excluding hydrogens is 278 g/mol. The van der Waals surface area contributed by atoms with Crippen molar-refractivity contribution in [3.8, 4) is 0 Å². The molecule has 1 heterocycles. The van der Waals surface area contributed by atoms with E-state index in [-0.39, 0.29) is 0 Å². The molecule has 5 heteroatoms. The zero-order valence-electron chi connectivity index (χ0n) is 11.2. The fraction of sp³-hybridized carbons (Fsp3) is 0.286. The highest BCUT2D eigenvalue weighted by Crippen LogP contribution is 2.31. The lowest BCUT2D eigenvalue weighted by Crippen LogP contribution is -2.03. The first-order valence-electron chi connectivity index (χ1n) is 6.12. The van der Waals surface area contributed by atoms with Crippen molar-refractivity contribution in [2.24, 2.45) is 0 Å². The van der Waals surface area contributed by atoms with Gasteiger partial charge in [0.25, 0.3) is 0 Å². The van der Waals surface area contributed by atoms with Crippen LogP contribution in [0, 0.1) is 6.92 Å². The van der Waals surface area contributed by atoms with Gasteiger partial charge in [0.1, 0.15) is 16.7 Å². The second kappa shape index (κ2) is 6.26. The molecule has 1 aromatic carbocycles. The average molecular weight is 294 g/mol. The summed E-state index contributed by atoms with van der Waals surface area (Å²) >= 11 is 7.53. The van der Waals surface area contributed by atoms with Gasteiger partial charge in [0.05, 0.1) is 0 Å². The summed E-state index contributed by atoms with van der Waals surface area (Å²) in [5.41, 5.74) is 1.07. The Morgan fingerprint density at radius 3 is 2.47 bits per heavy atom. The minimum Gasteiger partial charge on any atom is -0.373 e. The monoisotopic (exact) mass is 293 g/mol. The maximum absolute atomic E-state index is 5.90. The van der Waals surface area contributed by atoms with E-state index in [1.165, 1.54) is 0 Å². The van der Waals surface area contributed by atoms with Crippen LogP contribution in [0.15, 0.2) is 34.2 Å². The van der Waals surface area contributed by atoms with Gasteiger partial charge in [-0.05, 0) is 31.2 Å². The second-order valence-corrected chi connectivity index (χ2v) is 5.58. The van der Waals surface area contributed by atoms with E-state index in [2.05, 4.69) is 22.2 Å². The van der Waals surface area contributed by atoms with Crippen molar-refractivity contribution in [1.29, 1.82) is 0 Å². The first kappa shape index (κ1) is 14.2. The molecule has 0 aliphatic heterocycles. The highest BCUT2D eigenvalue weighted by molar-refractivity contribution is 7.99. The van der Waals surface area contributed by atoms with E-state index in [1.807, 2.05) is 38.2 Å². The lowest BCUT2D eigenvalue weighted by molar-refractivity contribution is 0.874. The van der Waals surface area contributed by atoms with Crippen LogP contribution in [0.4, 0.5) is 5.82 Å². The molecule has 19 heavy (non-hydrogen) atoms. The van der Waals surface area contributed by atoms with Gasteiger partial charge in [-0.1, -0.05) is 30.3 Å². The van der Waals surface area contributed by atoms with Crippen molar-refractivity contribution in [3.63, 3.8) is 0 Å². The Balaban J connectivity index is 2.35. The fourth-order valence-electron chi connectivity index (χ4n) is 1.66. The molecule has 100 valence electrons. The van der Waals surface area contributed by atoms with Crippen molar-refractivity contribution in [2.75, 3.05) is 12.4 Å². The molecule has 3 nitrogen and oxygen atoms in total. The number of nitrogens with one attached hydrogen (secondary N) is 1. The maximum atomic E-state index is 5.90. The molecule has 0 aliphatic carbocycles. The van der Waals surface area contributed by atoms with E-state index < -0.39 is 0 Å². The van der Waals surface area contributed by atoms with Crippen LogP contribution in [0.2, 0.25) is 5.02 Å². The van der Waals surface area contributed by atoms with Gasteiger partial charge in [0, 0.05) is 29.0 Å². The van der Waals surface area contributed by atoms with Crippen LogP contribution in [0.5, 0.6) is 0 Å². The van der Waals surface area contributed by atoms with E-state index in [0.717, 1.165) is 38.6 Å². The number of halogens is 1. The Morgan fingerprint density at radius 2 is 1.89 bits per heavy atom. The van der Waals surface area contributed by atoms with Crippen LogP contribution >= 0.6 is 23.4 Å². The largest absolute Gasteiger partial charge is 0.373 e. The molecule has 1 N–H and O–H groups in total. The Kier molecular flexibility index (Phi) is 4.66. The van der Waals surface area contributed by atoms with Gasteiger partial charge in [0.2, 0.25) is 0 Å². The van der Waals surface area contributed by atoms with Gasteiger partial charge < -0.3 is 5.32 Å². The summed E-state index contributed by atoms with van der Waals surface area (Å²) in [6.07, 6.45) is 0.823. The number of benzene rings is 1. The molecule has 0 aliphatic rings. The third-order valence-electron chi connectivity index (χ3n) is 2.73.